The minimum Gasteiger partial charge on any atom is -0.334 e. The molecule has 0 aliphatic heterocycles. The van der Waals surface area contributed by atoms with Gasteiger partial charge >= 0.3 is 0 Å². The summed E-state index contributed by atoms with van der Waals surface area (Å²) in [5, 5.41) is 12.6. The number of nitrogens with zero attached hydrogens (tertiary/aromatic N) is 5. The number of allylic oxidation sites excluding steroid dienone is 4. The fourth-order valence-electron chi connectivity index (χ4n) is 2.90. The van der Waals surface area contributed by atoms with Crippen molar-refractivity contribution in [2.24, 2.45) is 5.92 Å². The zero-order chi connectivity index (χ0) is 16.7. The van der Waals surface area contributed by atoms with Crippen LogP contribution < -0.4 is 0 Å². The highest BCUT2D eigenvalue weighted by Crippen LogP contribution is 2.27. The first-order chi connectivity index (χ1) is 11.6. The van der Waals surface area contributed by atoms with Gasteiger partial charge in [-0.25, -0.2) is 4.68 Å². The molecule has 1 aliphatic carbocycles. The van der Waals surface area contributed by atoms with E-state index in [1.165, 1.54) is 0 Å². The molecule has 0 bridgehead atoms. The van der Waals surface area contributed by atoms with Gasteiger partial charge in [0.1, 0.15) is 5.52 Å². The predicted molar refractivity (Wildman–Crippen MR) is 92.1 cm³/mol. The lowest BCUT2D eigenvalue weighted by Crippen LogP contribution is -2.02. The summed E-state index contributed by atoms with van der Waals surface area (Å²) in [5.41, 5.74) is 3.70. The van der Waals surface area contributed by atoms with Crippen molar-refractivity contribution < 1.29 is 4.52 Å². The summed E-state index contributed by atoms with van der Waals surface area (Å²) < 4.78 is 7.34. The first kappa shape index (κ1) is 14.8. The van der Waals surface area contributed by atoms with Crippen LogP contribution in [0.5, 0.6) is 0 Å². The van der Waals surface area contributed by atoms with E-state index in [4.69, 9.17) is 4.52 Å². The van der Waals surface area contributed by atoms with E-state index in [1.807, 2.05) is 29.0 Å². The van der Waals surface area contributed by atoms with E-state index >= 15 is 0 Å². The normalized spacial score (nSPS) is 17.7. The highest BCUT2D eigenvalue weighted by atomic mass is 16.5. The molecule has 2 heterocycles. The molecule has 3 aromatic rings. The fourth-order valence-corrected chi connectivity index (χ4v) is 2.90. The van der Waals surface area contributed by atoms with Gasteiger partial charge in [-0.1, -0.05) is 35.5 Å². The van der Waals surface area contributed by atoms with Crippen LogP contribution in [0.4, 0.5) is 0 Å². The Balaban J connectivity index is 1.70. The van der Waals surface area contributed by atoms with Gasteiger partial charge in [0.25, 0.3) is 5.89 Å². The van der Waals surface area contributed by atoms with Crippen LogP contribution in [0.15, 0.2) is 41.0 Å². The Morgan fingerprint density at radius 3 is 2.96 bits per heavy atom. The van der Waals surface area contributed by atoms with Gasteiger partial charge < -0.3 is 4.52 Å². The fraction of sp³-hybridized carbons (Fsp3) is 0.333. The summed E-state index contributed by atoms with van der Waals surface area (Å²) in [5.74, 6) is 1.61. The summed E-state index contributed by atoms with van der Waals surface area (Å²) in [6.45, 7) is 6.34. The first-order valence-corrected chi connectivity index (χ1v) is 8.19. The Bertz CT molecular complexity index is 947. The second kappa shape index (κ2) is 5.70. The van der Waals surface area contributed by atoms with Crippen LogP contribution in [0, 0.1) is 5.92 Å². The van der Waals surface area contributed by atoms with Gasteiger partial charge in [-0.15, -0.1) is 5.10 Å². The molecule has 1 atom stereocenters. The average molecular weight is 321 g/mol. The maximum Gasteiger partial charge on any atom is 0.257 e. The topological polar surface area (TPSA) is 69.6 Å². The zero-order valence-corrected chi connectivity index (χ0v) is 14.0. The Morgan fingerprint density at radius 2 is 2.17 bits per heavy atom. The van der Waals surface area contributed by atoms with E-state index in [9.17, 15) is 0 Å². The van der Waals surface area contributed by atoms with Crippen molar-refractivity contribution in [3.8, 4) is 11.4 Å². The van der Waals surface area contributed by atoms with Gasteiger partial charge in [0.2, 0.25) is 5.82 Å². The molecule has 6 nitrogen and oxygen atoms in total. The molecule has 1 aliphatic rings. The van der Waals surface area contributed by atoms with Crippen LogP contribution in [0.3, 0.4) is 0 Å². The Kier molecular flexibility index (Phi) is 3.52. The third-order valence-electron chi connectivity index (χ3n) is 4.16. The predicted octanol–water partition coefficient (Wildman–Crippen LogP) is 4.04. The summed E-state index contributed by atoms with van der Waals surface area (Å²) in [4.78, 5) is 4.54. The van der Waals surface area contributed by atoms with Crippen molar-refractivity contribution in [2.75, 3.05) is 0 Å². The highest BCUT2D eigenvalue weighted by molar-refractivity contribution is 5.80. The monoisotopic (exact) mass is 321 g/mol. The largest absolute Gasteiger partial charge is 0.334 e. The van der Waals surface area contributed by atoms with Crippen LogP contribution in [0.1, 0.15) is 39.1 Å². The quantitative estimate of drug-likeness (QED) is 0.728. The average Bonchev–Trinajstić information content (AvgIpc) is 3.21. The molecule has 0 saturated heterocycles. The lowest BCUT2D eigenvalue weighted by Gasteiger charge is -2.08. The molecular formula is C18H19N5O. The van der Waals surface area contributed by atoms with Crippen molar-refractivity contribution in [2.45, 2.75) is 33.2 Å². The van der Waals surface area contributed by atoms with E-state index < -0.39 is 0 Å². The van der Waals surface area contributed by atoms with Crippen LogP contribution in [0.2, 0.25) is 0 Å². The molecule has 4 rings (SSSR count). The van der Waals surface area contributed by atoms with Gasteiger partial charge in [0.15, 0.2) is 0 Å². The lowest BCUT2D eigenvalue weighted by atomic mass is 9.98. The van der Waals surface area contributed by atoms with Crippen molar-refractivity contribution in [1.82, 2.24) is 25.1 Å². The Labute approximate surface area is 139 Å². The second-order valence-corrected chi connectivity index (χ2v) is 6.49. The van der Waals surface area contributed by atoms with Crippen molar-refractivity contribution in [1.29, 1.82) is 0 Å². The maximum atomic E-state index is 5.44. The van der Waals surface area contributed by atoms with E-state index in [0.29, 0.717) is 17.6 Å². The molecule has 24 heavy (non-hydrogen) atoms. The minimum atomic E-state index is 0.268. The zero-order valence-electron chi connectivity index (χ0n) is 14.0. The minimum absolute atomic E-state index is 0.268. The number of hydrogen-bond acceptors (Lipinski definition) is 5. The van der Waals surface area contributed by atoms with Crippen LogP contribution in [-0.2, 0) is 0 Å². The van der Waals surface area contributed by atoms with Gasteiger partial charge in [0.05, 0.1) is 5.52 Å². The van der Waals surface area contributed by atoms with Crippen LogP contribution in [0.25, 0.3) is 28.0 Å². The number of hydrogen-bond donors (Lipinski definition) is 0. The molecule has 0 spiro atoms. The summed E-state index contributed by atoms with van der Waals surface area (Å²) in [6, 6.07) is 6.20. The Hall–Kier alpha value is -2.76. The van der Waals surface area contributed by atoms with Crippen LogP contribution >= 0.6 is 0 Å². The van der Waals surface area contributed by atoms with Crippen molar-refractivity contribution in [3.63, 3.8) is 0 Å². The second-order valence-electron chi connectivity index (χ2n) is 6.49. The molecule has 0 fully saturated rings. The van der Waals surface area contributed by atoms with Gasteiger partial charge in [0, 0.05) is 17.2 Å². The number of benzene rings is 1. The van der Waals surface area contributed by atoms with Crippen molar-refractivity contribution >= 4 is 16.6 Å². The summed E-state index contributed by atoms with van der Waals surface area (Å²) >= 11 is 0. The first-order valence-electron chi connectivity index (χ1n) is 8.19. The smallest absolute Gasteiger partial charge is 0.257 e. The number of aromatic nitrogens is 5. The molecule has 0 N–H and O–H groups in total. The van der Waals surface area contributed by atoms with Crippen LogP contribution in [-0.4, -0.2) is 25.1 Å². The van der Waals surface area contributed by atoms with E-state index in [1.54, 1.807) is 0 Å². The van der Waals surface area contributed by atoms with E-state index in [2.05, 4.69) is 53.4 Å². The highest BCUT2D eigenvalue weighted by Gasteiger charge is 2.15. The molecule has 122 valence electrons. The molecular weight excluding hydrogens is 302 g/mol. The van der Waals surface area contributed by atoms with Crippen molar-refractivity contribution in [3.05, 3.63) is 42.3 Å². The number of rotatable bonds is 3. The molecule has 0 saturated carbocycles. The molecule has 2 aromatic heterocycles. The lowest BCUT2D eigenvalue weighted by molar-refractivity contribution is 0.408. The summed E-state index contributed by atoms with van der Waals surface area (Å²) in [6.07, 6.45) is 7.39. The molecule has 0 radical (unpaired) electrons. The SMILES string of the molecule is CC1C=C(c2nc(-c3ccc4c(c3)nnn4C(C)C)no2)C=CC1. The molecule has 1 aromatic carbocycles. The Morgan fingerprint density at radius 1 is 1.29 bits per heavy atom. The van der Waals surface area contributed by atoms with Gasteiger partial charge in [-0.2, -0.15) is 4.98 Å². The third kappa shape index (κ3) is 2.54. The van der Waals surface area contributed by atoms with Gasteiger partial charge in [-0.05, 0) is 44.4 Å². The van der Waals surface area contributed by atoms with E-state index in [0.717, 1.165) is 28.6 Å². The summed E-state index contributed by atoms with van der Waals surface area (Å²) in [7, 11) is 0. The molecule has 1 unspecified atom stereocenters. The molecule has 0 amide bonds. The number of fused-ring (bicyclic) bond motifs is 1. The van der Waals surface area contributed by atoms with E-state index in [-0.39, 0.29) is 6.04 Å². The maximum absolute atomic E-state index is 5.44. The molecule has 6 heteroatoms. The standard InChI is InChI=1S/C18H19N5O/c1-11(2)23-16-8-7-13(10-15(16)20-22-23)17-19-18(24-21-17)14-6-4-5-12(3)9-14/h4,6-12H,5H2,1-3H3. The van der Waals surface area contributed by atoms with Gasteiger partial charge in [-0.3, -0.25) is 0 Å². The third-order valence-corrected chi connectivity index (χ3v) is 4.16.